The Morgan fingerprint density at radius 2 is 1.69 bits per heavy atom. The van der Waals surface area contributed by atoms with Gasteiger partial charge in [0.2, 0.25) is 17.7 Å². The molecule has 4 rings (SSSR count). The smallest absolute Gasteiger partial charge is 0.247 e. The van der Waals surface area contributed by atoms with Crippen LogP contribution in [0.3, 0.4) is 0 Å². The average molecular weight is 357 g/mol. The number of likely N-dealkylation sites (tertiary alicyclic amines) is 1. The minimum absolute atomic E-state index is 0.115. The number of nitrogens with zero attached hydrogens (tertiary/aromatic N) is 3. The highest BCUT2D eigenvalue weighted by Gasteiger charge is 2.42. The van der Waals surface area contributed by atoms with Crippen LogP contribution in [0.2, 0.25) is 0 Å². The van der Waals surface area contributed by atoms with E-state index in [0.29, 0.717) is 32.7 Å². The third-order valence-electron chi connectivity index (χ3n) is 5.37. The summed E-state index contributed by atoms with van der Waals surface area (Å²) in [7, 11) is 0. The molecular weight excluding hydrogens is 334 g/mol. The van der Waals surface area contributed by atoms with E-state index in [2.05, 4.69) is 0 Å². The molecule has 0 radical (unpaired) electrons. The van der Waals surface area contributed by atoms with Gasteiger partial charge in [-0.25, -0.2) is 0 Å². The lowest BCUT2D eigenvalue weighted by Gasteiger charge is -2.30. The molecule has 3 aliphatic heterocycles. The van der Waals surface area contributed by atoms with Gasteiger partial charge in [-0.05, 0) is 24.1 Å². The molecule has 3 amide bonds. The maximum absolute atomic E-state index is 12.7. The number of amides is 3. The first-order valence-corrected chi connectivity index (χ1v) is 9.19. The zero-order valence-electron chi connectivity index (χ0n) is 14.7. The quantitative estimate of drug-likeness (QED) is 0.745. The Morgan fingerprint density at radius 1 is 0.962 bits per heavy atom. The summed E-state index contributed by atoms with van der Waals surface area (Å²) in [5.41, 5.74) is 1.77. The lowest BCUT2D eigenvalue weighted by atomic mass is 10.2. The minimum atomic E-state index is -0.354. The van der Waals surface area contributed by atoms with Gasteiger partial charge in [0.05, 0.1) is 32.2 Å². The van der Waals surface area contributed by atoms with E-state index in [0.717, 1.165) is 24.2 Å². The summed E-state index contributed by atoms with van der Waals surface area (Å²) >= 11 is 0. The summed E-state index contributed by atoms with van der Waals surface area (Å²) in [6, 6.07) is 7.21. The molecule has 0 spiro atoms. The monoisotopic (exact) mass is 357 g/mol. The second-order valence-electron chi connectivity index (χ2n) is 7.00. The minimum Gasteiger partial charge on any atom is -0.379 e. The number of hydrogen-bond acceptors (Lipinski definition) is 5. The number of imide groups is 1. The van der Waals surface area contributed by atoms with Gasteiger partial charge in [-0.1, -0.05) is 12.1 Å². The summed E-state index contributed by atoms with van der Waals surface area (Å²) in [6.07, 6.45) is 1.74. The molecule has 3 heterocycles. The van der Waals surface area contributed by atoms with Crippen molar-refractivity contribution in [2.75, 3.05) is 37.7 Å². The van der Waals surface area contributed by atoms with Crippen LogP contribution in [0.15, 0.2) is 24.3 Å². The number of anilines is 1. The molecule has 26 heavy (non-hydrogen) atoms. The molecule has 0 saturated carbocycles. The van der Waals surface area contributed by atoms with Crippen LogP contribution >= 0.6 is 0 Å². The number of carbonyl (C=O) groups excluding carboxylic acids is 3. The number of hydrogen-bond donors (Lipinski definition) is 0. The van der Waals surface area contributed by atoms with Crippen LogP contribution in [0.4, 0.5) is 5.69 Å². The first-order chi connectivity index (χ1) is 12.6. The summed E-state index contributed by atoms with van der Waals surface area (Å²) < 4.78 is 5.33. The summed E-state index contributed by atoms with van der Waals surface area (Å²) in [5, 5.41) is 0. The van der Waals surface area contributed by atoms with Crippen LogP contribution < -0.4 is 4.90 Å². The molecule has 1 aromatic carbocycles. The molecule has 1 aromatic rings. The lowest BCUT2D eigenvalue weighted by molar-refractivity contribution is -0.141. The fraction of sp³-hybridized carbons (Fsp3) is 0.526. The van der Waals surface area contributed by atoms with Crippen molar-refractivity contribution in [3.8, 4) is 0 Å². The van der Waals surface area contributed by atoms with Gasteiger partial charge < -0.3 is 9.64 Å². The summed E-state index contributed by atoms with van der Waals surface area (Å²) in [6.45, 7) is 3.63. The van der Waals surface area contributed by atoms with Crippen molar-refractivity contribution >= 4 is 23.4 Å². The van der Waals surface area contributed by atoms with Gasteiger partial charge in [0, 0.05) is 31.7 Å². The van der Waals surface area contributed by atoms with E-state index in [1.807, 2.05) is 29.2 Å². The third kappa shape index (κ3) is 3.24. The highest BCUT2D eigenvalue weighted by Crippen LogP contribution is 2.25. The Balaban J connectivity index is 1.42. The number of carbonyl (C=O) groups is 3. The van der Waals surface area contributed by atoms with Gasteiger partial charge in [0.1, 0.15) is 0 Å². The van der Waals surface area contributed by atoms with E-state index < -0.39 is 0 Å². The zero-order chi connectivity index (χ0) is 18.1. The van der Waals surface area contributed by atoms with Crippen molar-refractivity contribution in [3.05, 3.63) is 29.8 Å². The average Bonchev–Trinajstić information content (AvgIpc) is 3.21. The molecule has 0 aromatic heterocycles. The molecule has 138 valence electrons. The van der Waals surface area contributed by atoms with Gasteiger partial charge in [0.25, 0.3) is 0 Å². The molecule has 0 bridgehead atoms. The third-order valence-corrected chi connectivity index (χ3v) is 5.37. The molecule has 0 unspecified atom stereocenters. The number of ether oxygens (including phenoxy) is 1. The van der Waals surface area contributed by atoms with Gasteiger partial charge in [-0.15, -0.1) is 0 Å². The standard InChI is InChI=1S/C19H23N3O4/c23-17-2-1-7-21(17)15-5-3-14(4-6-15)13-22-18(24)12-16(19(22)25)20-8-10-26-11-9-20/h3-6,16H,1-2,7-13H2/t16-/m1/s1. The first-order valence-electron chi connectivity index (χ1n) is 9.19. The topological polar surface area (TPSA) is 70.2 Å². The highest BCUT2D eigenvalue weighted by atomic mass is 16.5. The normalized spacial score (nSPS) is 24.8. The van der Waals surface area contributed by atoms with Crippen LogP contribution in [0, 0.1) is 0 Å². The van der Waals surface area contributed by atoms with Crippen molar-refractivity contribution in [2.45, 2.75) is 31.8 Å². The lowest BCUT2D eigenvalue weighted by Crippen LogP contribution is -2.47. The van der Waals surface area contributed by atoms with Crippen molar-refractivity contribution in [2.24, 2.45) is 0 Å². The van der Waals surface area contributed by atoms with Crippen LogP contribution in [-0.2, 0) is 25.7 Å². The van der Waals surface area contributed by atoms with Crippen molar-refractivity contribution in [1.82, 2.24) is 9.80 Å². The van der Waals surface area contributed by atoms with Crippen molar-refractivity contribution in [1.29, 1.82) is 0 Å². The number of rotatable bonds is 4. The molecule has 0 aliphatic carbocycles. The largest absolute Gasteiger partial charge is 0.379 e. The fourth-order valence-corrected chi connectivity index (χ4v) is 3.89. The Bertz CT molecular complexity index is 712. The Labute approximate surface area is 152 Å². The van der Waals surface area contributed by atoms with Crippen LogP contribution in [-0.4, -0.2) is 66.4 Å². The van der Waals surface area contributed by atoms with Crippen LogP contribution in [0.5, 0.6) is 0 Å². The van der Waals surface area contributed by atoms with Gasteiger partial charge >= 0.3 is 0 Å². The number of benzene rings is 1. The van der Waals surface area contributed by atoms with Crippen molar-refractivity contribution in [3.63, 3.8) is 0 Å². The van der Waals surface area contributed by atoms with E-state index in [-0.39, 0.29) is 36.7 Å². The highest BCUT2D eigenvalue weighted by molar-refractivity contribution is 6.05. The zero-order valence-corrected chi connectivity index (χ0v) is 14.7. The number of morpholine rings is 1. The van der Waals surface area contributed by atoms with Gasteiger partial charge in [-0.2, -0.15) is 0 Å². The van der Waals surface area contributed by atoms with E-state index >= 15 is 0 Å². The molecule has 1 atom stereocenters. The van der Waals surface area contributed by atoms with E-state index in [9.17, 15) is 14.4 Å². The molecule has 7 nitrogen and oxygen atoms in total. The summed E-state index contributed by atoms with van der Waals surface area (Å²) in [4.78, 5) is 42.1. The molecule has 3 aliphatic rings. The second-order valence-corrected chi connectivity index (χ2v) is 7.00. The van der Waals surface area contributed by atoms with E-state index in [4.69, 9.17) is 4.74 Å². The maximum atomic E-state index is 12.7. The SMILES string of the molecule is O=C1C[C@@H](N2CCOCC2)C(=O)N1Cc1ccc(N2CCCC2=O)cc1. The van der Waals surface area contributed by atoms with Crippen molar-refractivity contribution < 1.29 is 19.1 Å². The van der Waals surface area contributed by atoms with Gasteiger partial charge in [0.15, 0.2) is 0 Å². The Hall–Kier alpha value is -2.25. The molecule has 0 N–H and O–H groups in total. The second kappa shape index (κ2) is 7.17. The molecule has 7 heteroatoms. The summed E-state index contributed by atoms with van der Waals surface area (Å²) in [5.74, 6) is -0.0861. The van der Waals surface area contributed by atoms with Crippen LogP contribution in [0.1, 0.15) is 24.8 Å². The Kier molecular flexibility index (Phi) is 4.74. The predicted octanol–water partition coefficient (Wildman–Crippen LogP) is 0.773. The Morgan fingerprint density at radius 3 is 2.35 bits per heavy atom. The predicted molar refractivity (Wildman–Crippen MR) is 94.4 cm³/mol. The molecule has 3 fully saturated rings. The van der Waals surface area contributed by atoms with Gasteiger partial charge in [-0.3, -0.25) is 24.2 Å². The van der Waals surface area contributed by atoms with E-state index in [1.54, 1.807) is 4.90 Å². The molecular formula is C19H23N3O4. The molecule has 3 saturated heterocycles. The maximum Gasteiger partial charge on any atom is 0.247 e. The van der Waals surface area contributed by atoms with Crippen LogP contribution in [0.25, 0.3) is 0 Å². The van der Waals surface area contributed by atoms with E-state index in [1.165, 1.54) is 4.90 Å². The first kappa shape index (κ1) is 17.2. The fourth-order valence-electron chi connectivity index (χ4n) is 3.89.